The van der Waals surface area contributed by atoms with Gasteiger partial charge in [0, 0.05) is 17.6 Å². The van der Waals surface area contributed by atoms with Crippen LogP contribution in [0.5, 0.6) is 5.75 Å². The van der Waals surface area contributed by atoms with E-state index in [-0.39, 0.29) is 29.9 Å². The van der Waals surface area contributed by atoms with Gasteiger partial charge >= 0.3 is 0 Å². The molecule has 8 nitrogen and oxygen atoms in total. The fourth-order valence-electron chi connectivity index (χ4n) is 4.41. The number of carbonyl (C=O) groups is 2. The summed E-state index contributed by atoms with van der Waals surface area (Å²) in [7, 11) is -2.47. The van der Waals surface area contributed by atoms with Crippen molar-refractivity contribution >= 4 is 39.1 Å². The van der Waals surface area contributed by atoms with Crippen LogP contribution in [-0.4, -0.2) is 63.7 Å². The molecule has 0 radical (unpaired) electrons. The van der Waals surface area contributed by atoms with Crippen molar-refractivity contribution in [2.75, 3.05) is 30.8 Å². The smallest absolute Gasteiger partial charge is 0.244 e. The maximum absolute atomic E-state index is 13.6. The molecule has 1 aliphatic carbocycles. The summed E-state index contributed by atoms with van der Waals surface area (Å²) in [6.07, 6.45) is 5.53. The average Bonchev–Trinajstić information content (AvgIpc) is 3.35. The Morgan fingerprint density at radius 3 is 2.42 bits per heavy atom. The van der Waals surface area contributed by atoms with Crippen molar-refractivity contribution in [1.29, 1.82) is 0 Å². The van der Waals surface area contributed by atoms with E-state index in [1.807, 2.05) is 30.3 Å². The SMILES string of the molecule is COc1ccc(Cl)cc1N(CC(=O)N(CCc1ccccc1)[C@@H](C)C(=O)NC1CCCC1)S(C)(=O)=O. The molecule has 1 fully saturated rings. The van der Waals surface area contributed by atoms with Crippen LogP contribution in [0.1, 0.15) is 38.2 Å². The van der Waals surface area contributed by atoms with Crippen molar-refractivity contribution < 1.29 is 22.7 Å². The van der Waals surface area contributed by atoms with Gasteiger partial charge in [-0.25, -0.2) is 8.42 Å². The molecule has 0 aromatic heterocycles. The van der Waals surface area contributed by atoms with E-state index >= 15 is 0 Å². The number of hydrogen-bond donors (Lipinski definition) is 1. The lowest BCUT2D eigenvalue weighted by Crippen LogP contribution is -2.53. The summed E-state index contributed by atoms with van der Waals surface area (Å²) in [5.41, 5.74) is 1.17. The van der Waals surface area contributed by atoms with E-state index in [1.54, 1.807) is 19.1 Å². The van der Waals surface area contributed by atoms with Crippen molar-refractivity contribution in [3.8, 4) is 5.75 Å². The Morgan fingerprint density at radius 1 is 1.14 bits per heavy atom. The first-order valence-corrected chi connectivity index (χ1v) is 14.3. The standard InChI is InChI=1S/C26H34ClN3O5S/c1-19(26(32)28-22-11-7-8-12-22)29(16-15-20-9-5-4-6-10-20)25(31)18-30(36(3,33)34)23-17-21(27)13-14-24(23)35-2/h4-6,9-10,13-14,17,19,22H,7-8,11-12,15-16,18H2,1-3H3,(H,28,32)/t19-/m0/s1. The predicted octanol–water partition coefficient (Wildman–Crippen LogP) is 3.63. The van der Waals surface area contributed by atoms with E-state index in [2.05, 4.69) is 5.32 Å². The van der Waals surface area contributed by atoms with Gasteiger partial charge in [0.25, 0.3) is 0 Å². The highest BCUT2D eigenvalue weighted by molar-refractivity contribution is 7.92. The summed E-state index contributed by atoms with van der Waals surface area (Å²) in [5.74, 6) is -0.470. The molecule has 2 amide bonds. The quantitative estimate of drug-likeness (QED) is 0.474. The van der Waals surface area contributed by atoms with Crippen molar-refractivity contribution in [2.45, 2.75) is 51.1 Å². The molecule has 36 heavy (non-hydrogen) atoms. The molecule has 2 aromatic rings. The number of amides is 2. The van der Waals surface area contributed by atoms with Gasteiger partial charge < -0.3 is 15.0 Å². The Balaban J connectivity index is 1.87. The van der Waals surface area contributed by atoms with Crippen LogP contribution in [0.4, 0.5) is 5.69 Å². The van der Waals surface area contributed by atoms with Gasteiger partial charge in [0.1, 0.15) is 18.3 Å². The summed E-state index contributed by atoms with van der Waals surface area (Å²) in [4.78, 5) is 28.2. The van der Waals surface area contributed by atoms with Gasteiger partial charge in [0.2, 0.25) is 21.8 Å². The second-order valence-corrected chi connectivity index (χ2v) is 11.4. The van der Waals surface area contributed by atoms with Crippen molar-refractivity contribution in [1.82, 2.24) is 10.2 Å². The Hall–Kier alpha value is -2.78. The normalized spacial score (nSPS) is 14.8. The third kappa shape index (κ3) is 7.36. The highest BCUT2D eigenvalue weighted by atomic mass is 35.5. The summed E-state index contributed by atoms with van der Waals surface area (Å²) in [5, 5.41) is 3.35. The first kappa shape index (κ1) is 27.8. The van der Waals surface area contributed by atoms with Crippen LogP contribution in [0.3, 0.4) is 0 Å². The minimum absolute atomic E-state index is 0.106. The van der Waals surface area contributed by atoms with Crippen LogP contribution >= 0.6 is 11.6 Å². The number of halogens is 1. The minimum atomic E-state index is -3.88. The molecule has 10 heteroatoms. The lowest BCUT2D eigenvalue weighted by atomic mass is 10.1. The molecule has 0 bridgehead atoms. The van der Waals surface area contributed by atoms with Gasteiger partial charge in [-0.1, -0.05) is 54.8 Å². The Morgan fingerprint density at radius 2 is 1.81 bits per heavy atom. The molecule has 1 atom stereocenters. The van der Waals surface area contributed by atoms with Crippen LogP contribution in [0, 0.1) is 0 Å². The number of nitrogens with zero attached hydrogens (tertiary/aromatic N) is 2. The van der Waals surface area contributed by atoms with Crippen molar-refractivity contribution in [2.24, 2.45) is 0 Å². The number of ether oxygens (including phenoxy) is 1. The topological polar surface area (TPSA) is 96.0 Å². The summed E-state index contributed by atoms with van der Waals surface area (Å²) < 4.78 is 31.8. The maximum atomic E-state index is 13.6. The molecular formula is C26H34ClN3O5S. The fourth-order valence-corrected chi connectivity index (χ4v) is 5.43. The molecule has 1 N–H and O–H groups in total. The van der Waals surface area contributed by atoms with Crippen LogP contribution in [-0.2, 0) is 26.0 Å². The lowest BCUT2D eigenvalue weighted by Gasteiger charge is -2.32. The molecule has 0 spiro atoms. The van der Waals surface area contributed by atoms with Gasteiger partial charge in [-0.3, -0.25) is 13.9 Å². The van der Waals surface area contributed by atoms with Crippen molar-refractivity contribution in [3.05, 3.63) is 59.1 Å². The Bertz CT molecular complexity index is 1150. The van der Waals surface area contributed by atoms with Gasteiger partial charge in [0.05, 0.1) is 19.1 Å². The fraction of sp³-hybridized carbons (Fsp3) is 0.462. The van der Waals surface area contributed by atoms with Gasteiger partial charge in [-0.2, -0.15) is 0 Å². The van der Waals surface area contributed by atoms with E-state index in [4.69, 9.17) is 16.3 Å². The van der Waals surface area contributed by atoms with Crippen molar-refractivity contribution in [3.63, 3.8) is 0 Å². The lowest BCUT2D eigenvalue weighted by molar-refractivity contribution is -0.139. The summed E-state index contributed by atoms with van der Waals surface area (Å²) in [6.45, 7) is 1.44. The zero-order valence-corrected chi connectivity index (χ0v) is 22.5. The Kier molecular flexibility index (Phi) is 9.62. The molecule has 0 aliphatic heterocycles. The molecule has 3 rings (SSSR count). The second-order valence-electron chi connectivity index (χ2n) is 9.07. The number of carbonyl (C=O) groups excluding carboxylic acids is 2. The number of sulfonamides is 1. The van der Waals surface area contributed by atoms with E-state index in [0.29, 0.717) is 11.4 Å². The van der Waals surface area contributed by atoms with Crippen LogP contribution < -0.4 is 14.4 Å². The number of benzene rings is 2. The van der Waals surface area contributed by atoms with E-state index in [9.17, 15) is 18.0 Å². The molecule has 2 aromatic carbocycles. The van der Waals surface area contributed by atoms with E-state index < -0.39 is 28.5 Å². The molecule has 1 aliphatic rings. The number of rotatable bonds is 11. The number of nitrogens with one attached hydrogen (secondary N) is 1. The molecule has 0 heterocycles. The van der Waals surface area contributed by atoms with Gasteiger partial charge in [0.15, 0.2) is 0 Å². The largest absolute Gasteiger partial charge is 0.495 e. The van der Waals surface area contributed by atoms with Crippen LogP contribution in [0.15, 0.2) is 48.5 Å². The third-order valence-corrected chi connectivity index (χ3v) is 7.80. The zero-order chi connectivity index (χ0) is 26.3. The summed E-state index contributed by atoms with van der Waals surface area (Å²) >= 11 is 6.13. The highest BCUT2D eigenvalue weighted by Crippen LogP contribution is 2.33. The first-order valence-electron chi connectivity index (χ1n) is 12.0. The number of hydrogen-bond acceptors (Lipinski definition) is 5. The van der Waals surface area contributed by atoms with E-state index in [1.165, 1.54) is 18.1 Å². The van der Waals surface area contributed by atoms with Gasteiger partial charge in [-0.15, -0.1) is 0 Å². The third-order valence-electron chi connectivity index (χ3n) is 6.44. The Labute approximate surface area is 218 Å². The zero-order valence-electron chi connectivity index (χ0n) is 20.9. The van der Waals surface area contributed by atoms with Gasteiger partial charge in [-0.05, 0) is 49.9 Å². The number of methoxy groups -OCH3 is 1. The monoisotopic (exact) mass is 535 g/mol. The molecule has 1 saturated carbocycles. The first-order chi connectivity index (χ1) is 17.1. The molecule has 0 unspecified atom stereocenters. The predicted molar refractivity (Wildman–Crippen MR) is 142 cm³/mol. The summed E-state index contributed by atoms with van der Waals surface area (Å²) in [6, 6.07) is 13.5. The van der Waals surface area contributed by atoms with Crippen LogP contribution in [0.2, 0.25) is 5.02 Å². The second kappa shape index (κ2) is 12.5. The molecule has 196 valence electrons. The average molecular weight is 536 g/mol. The maximum Gasteiger partial charge on any atom is 0.244 e. The molecule has 0 saturated heterocycles. The number of anilines is 1. The highest BCUT2D eigenvalue weighted by Gasteiger charge is 2.32. The van der Waals surface area contributed by atoms with Crippen LogP contribution in [0.25, 0.3) is 0 Å². The minimum Gasteiger partial charge on any atom is -0.495 e. The van der Waals surface area contributed by atoms with E-state index in [0.717, 1.165) is 41.8 Å². The molecular weight excluding hydrogens is 502 g/mol.